The van der Waals surface area contributed by atoms with Crippen molar-refractivity contribution < 1.29 is 4.74 Å². The van der Waals surface area contributed by atoms with Gasteiger partial charge in [-0.05, 0) is 31.7 Å². The fourth-order valence-electron chi connectivity index (χ4n) is 1.85. The molecule has 0 aliphatic carbocycles. The van der Waals surface area contributed by atoms with Crippen molar-refractivity contribution in [3.05, 3.63) is 48.0 Å². The van der Waals surface area contributed by atoms with Crippen molar-refractivity contribution in [2.75, 3.05) is 13.7 Å². The molecular formula is C14H19N3O. The number of imidazole rings is 1. The molecule has 0 aliphatic heterocycles. The number of benzene rings is 1. The lowest BCUT2D eigenvalue weighted by atomic mass is 10.2. The first kappa shape index (κ1) is 12.6. The van der Waals surface area contributed by atoms with E-state index in [4.69, 9.17) is 4.74 Å². The van der Waals surface area contributed by atoms with Gasteiger partial charge in [-0.15, -0.1) is 0 Å². The third-order valence-electron chi connectivity index (χ3n) is 2.80. The summed E-state index contributed by atoms with van der Waals surface area (Å²) in [5.74, 6) is 1.93. The lowest BCUT2D eigenvalue weighted by Gasteiger charge is -2.09. The summed E-state index contributed by atoms with van der Waals surface area (Å²) in [6, 6.07) is 8.16. The van der Waals surface area contributed by atoms with E-state index in [-0.39, 0.29) is 0 Å². The Bertz CT molecular complexity index is 493. The van der Waals surface area contributed by atoms with Crippen LogP contribution in [0.4, 0.5) is 0 Å². The Hall–Kier alpha value is -1.81. The number of ether oxygens (including phenoxy) is 1. The Morgan fingerprint density at radius 2 is 2.28 bits per heavy atom. The topological polar surface area (TPSA) is 39.1 Å². The second-order valence-corrected chi connectivity index (χ2v) is 4.19. The summed E-state index contributed by atoms with van der Waals surface area (Å²) in [5, 5.41) is 3.13. The molecule has 4 heteroatoms. The van der Waals surface area contributed by atoms with Crippen LogP contribution in [0.15, 0.2) is 36.7 Å². The normalized spacial score (nSPS) is 10.6. The summed E-state index contributed by atoms with van der Waals surface area (Å²) in [5.41, 5.74) is 1.23. The average Bonchev–Trinajstić information content (AvgIpc) is 2.76. The zero-order valence-electron chi connectivity index (χ0n) is 10.9. The molecule has 96 valence electrons. The Balaban J connectivity index is 1.86. The van der Waals surface area contributed by atoms with Gasteiger partial charge in [0.25, 0.3) is 0 Å². The van der Waals surface area contributed by atoms with E-state index >= 15 is 0 Å². The molecule has 0 bridgehead atoms. The third kappa shape index (κ3) is 3.34. The maximum absolute atomic E-state index is 5.74. The minimum Gasteiger partial charge on any atom is -0.492 e. The highest BCUT2D eigenvalue weighted by atomic mass is 16.5. The predicted octanol–water partition coefficient (Wildman–Crippen LogP) is 1.99. The number of rotatable bonds is 6. The molecule has 0 atom stereocenters. The van der Waals surface area contributed by atoms with Crippen LogP contribution in [0.5, 0.6) is 5.75 Å². The quantitative estimate of drug-likeness (QED) is 0.846. The van der Waals surface area contributed by atoms with Crippen LogP contribution in [0, 0.1) is 6.92 Å². The predicted molar refractivity (Wildman–Crippen MR) is 71.7 cm³/mol. The summed E-state index contributed by atoms with van der Waals surface area (Å²) in [6.07, 6.45) is 3.78. The minimum atomic E-state index is 0.653. The maximum Gasteiger partial charge on any atom is 0.119 e. The second kappa shape index (κ2) is 6.21. The van der Waals surface area contributed by atoms with Crippen molar-refractivity contribution in [2.24, 2.45) is 0 Å². The van der Waals surface area contributed by atoms with Gasteiger partial charge >= 0.3 is 0 Å². The third-order valence-corrected chi connectivity index (χ3v) is 2.80. The molecule has 0 spiro atoms. The van der Waals surface area contributed by atoms with Crippen molar-refractivity contribution in [3.8, 4) is 5.75 Å². The molecule has 2 aromatic rings. The largest absolute Gasteiger partial charge is 0.492 e. The molecule has 4 nitrogen and oxygen atoms in total. The van der Waals surface area contributed by atoms with Crippen molar-refractivity contribution in [2.45, 2.75) is 20.0 Å². The minimum absolute atomic E-state index is 0.653. The number of nitrogens with zero attached hydrogens (tertiary/aromatic N) is 2. The first-order valence-electron chi connectivity index (χ1n) is 6.13. The van der Waals surface area contributed by atoms with E-state index in [0.29, 0.717) is 6.61 Å². The van der Waals surface area contributed by atoms with Gasteiger partial charge in [0.2, 0.25) is 0 Å². The first-order chi connectivity index (χ1) is 8.79. The fraction of sp³-hybridized carbons (Fsp3) is 0.357. The monoisotopic (exact) mass is 245 g/mol. The van der Waals surface area contributed by atoms with Crippen LogP contribution in [0.3, 0.4) is 0 Å². The molecule has 2 rings (SSSR count). The van der Waals surface area contributed by atoms with E-state index in [2.05, 4.69) is 27.0 Å². The standard InChI is InChI=1S/C14H19N3O/c1-12-16-6-7-17(12)8-9-18-14-5-3-4-13(10-14)11-15-2/h3-7,10,15H,8-9,11H2,1-2H3. The van der Waals surface area contributed by atoms with E-state index in [1.165, 1.54) is 5.56 Å². The smallest absolute Gasteiger partial charge is 0.119 e. The van der Waals surface area contributed by atoms with E-state index in [1.54, 1.807) is 0 Å². The van der Waals surface area contributed by atoms with Crippen LogP contribution >= 0.6 is 0 Å². The molecule has 0 fully saturated rings. The number of hydrogen-bond donors (Lipinski definition) is 1. The summed E-state index contributed by atoms with van der Waals surface area (Å²) >= 11 is 0. The Labute approximate surface area is 108 Å². The lowest BCUT2D eigenvalue weighted by molar-refractivity contribution is 0.296. The molecule has 18 heavy (non-hydrogen) atoms. The summed E-state index contributed by atoms with van der Waals surface area (Å²) in [4.78, 5) is 4.18. The molecule has 0 aliphatic rings. The SMILES string of the molecule is CNCc1cccc(OCCn2ccnc2C)c1. The molecule has 0 saturated heterocycles. The van der Waals surface area contributed by atoms with Crippen LogP contribution < -0.4 is 10.1 Å². The molecule has 0 saturated carbocycles. The molecular weight excluding hydrogens is 226 g/mol. The molecule has 0 amide bonds. The lowest BCUT2D eigenvalue weighted by Crippen LogP contribution is -2.09. The summed E-state index contributed by atoms with van der Waals surface area (Å²) in [7, 11) is 1.94. The van der Waals surface area contributed by atoms with Gasteiger partial charge < -0.3 is 14.6 Å². The zero-order valence-corrected chi connectivity index (χ0v) is 10.9. The molecule has 0 radical (unpaired) electrons. The molecule has 1 aromatic carbocycles. The van der Waals surface area contributed by atoms with Crippen LogP contribution in [0.2, 0.25) is 0 Å². The van der Waals surface area contributed by atoms with Gasteiger partial charge in [-0.3, -0.25) is 0 Å². The van der Waals surface area contributed by atoms with Crippen LogP contribution in [0.25, 0.3) is 0 Å². The molecule has 1 N–H and O–H groups in total. The van der Waals surface area contributed by atoms with Gasteiger partial charge in [0.1, 0.15) is 18.2 Å². The molecule has 0 unspecified atom stereocenters. The van der Waals surface area contributed by atoms with Gasteiger partial charge in [0.15, 0.2) is 0 Å². The Morgan fingerprint density at radius 3 is 3.00 bits per heavy atom. The number of aryl methyl sites for hydroxylation is 1. The highest BCUT2D eigenvalue weighted by molar-refractivity contribution is 5.28. The first-order valence-corrected chi connectivity index (χ1v) is 6.13. The number of hydrogen-bond acceptors (Lipinski definition) is 3. The summed E-state index contributed by atoms with van der Waals surface area (Å²) in [6.45, 7) is 4.33. The van der Waals surface area contributed by atoms with Crippen molar-refractivity contribution in [1.82, 2.24) is 14.9 Å². The second-order valence-electron chi connectivity index (χ2n) is 4.19. The fourth-order valence-corrected chi connectivity index (χ4v) is 1.85. The van der Waals surface area contributed by atoms with Crippen molar-refractivity contribution >= 4 is 0 Å². The van der Waals surface area contributed by atoms with Crippen LogP contribution in [0.1, 0.15) is 11.4 Å². The maximum atomic E-state index is 5.74. The molecule has 1 aromatic heterocycles. The van der Waals surface area contributed by atoms with Crippen molar-refractivity contribution in [3.63, 3.8) is 0 Å². The highest BCUT2D eigenvalue weighted by Crippen LogP contribution is 2.13. The van der Waals surface area contributed by atoms with E-state index < -0.39 is 0 Å². The van der Waals surface area contributed by atoms with E-state index in [9.17, 15) is 0 Å². The highest BCUT2D eigenvalue weighted by Gasteiger charge is 1.99. The number of nitrogens with one attached hydrogen (secondary N) is 1. The van der Waals surface area contributed by atoms with Gasteiger partial charge in [-0.2, -0.15) is 0 Å². The van der Waals surface area contributed by atoms with Gasteiger partial charge in [0, 0.05) is 18.9 Å². The van der Waals surface area contributed by atoms with Gasteiger partial charge in [0.05, 0.1) is 6.54 Å². The van der Waals surface area contributed by atoms with Gasteiger partial charge in [-0.25, -0.2) is 4.98 Å². The van der Waals surface area contributed by atoms with Crippen molar-refractivity contribution in [1.29, 1.82) is 0 Å². The Kier molecular flexibility index (Phi) is 4.36. The molecule has 1 heterocycles. The average molecular weight is 245 g/mol. The van der Waals surface area contributed by atoms with Crippen LogP contribution in [-0.4, -0.2) is 23.2 Å². The van der Waals surface area contributed by atoms with E-state index in [0.717, 1.165) is 24.7 Å². The van der Waals surface area contributed by atoms with E-state index in [1.807, 2.05) is 38.5 Å². The zero-order chi connectivity index (χ0) is 12.8. The van der Waals surface area contributed by atoms with Crippen LogP contribution in [-0.2, 0) is 13.1 Å². The number of aromatic nitrogens is 2. The van der Waals surface area contributed by atoms with Gasteiger partial charge in [-0.1, -0.05) is 12.1 Å². The Morgan fingerprint density at radius 1 is 1.39 bits per heavy atom. The summed E-state index contributed by atoms with van der Waals surface area (Å²) < 4.78 is 7.83.